The van der Waals surface area contributed by atoms with Gasteiger partial charge in [-0.05, 0) is 64.5 Å². The zero-order chi connectivity index (χ0) is 20.4. The minimum atomic E-state index is -0.397. The van der Waals surface area contributed by atoms with Crippen molar-refractivity contribution in [2.45, 2.75) is 46.2 Å². The summed E-state index contributed by atoms with van der Waals surface area (Å²) in [5.41, 5.74) is 1.98. The lowest BCUT2D eigenvalue weighted by atomic mass is 9.93. The highest BCUT2D eigenvalue weighted by Gasteiger charge is 2.34. The molecular weight excluding hydrogens is 362 g/mol. The number of hydrogen-bond acceptors (Lipinski definition) is 4. The first-order valence-corrected chi connectivity index (χ1v) is 9.36. The number of carbonyl (C=O) groups excluding carboxylic acids is 1. The number of rotatable bonds is 5. The second-order valence-corrected chi connectivity index (χ2v) is 7.86. The van der Waals surface area contributed by atoms with E-state index >= 15 is 0 Å². The van der Waals surface area contributed by atoms with Gasteiger partial charge in [-0.2, -0.15) is 0 Å². The summed E-state index contributed by atoms with van der Waals surface area (Å²) in [6.45, 7) is 10.5. The Labute approximate surface area is 166 Å². The monoisotopic (exact) mass is 391 g/mol. The van der Waals surface area contributed by atoms with Crippen molar-refractivity contribution >= 4 is 23.2 Å². The molecule has 27 heavy (non-hydrogen) atoms. The Balaban J connectivity index is 2.60. The predicted octanol–water partition coefficient (Wildman–Crippen LogP) is 3.14. The Bertz CT molecular complexity index is 746. The quantitative estimate of drug-likeness (QED) is 0.752. The molecule has 1 atom stereocenters. The fraction of sp³-hybridized carbons (Fsp3) is 0.500. The Kier molecular flexibility index (Phi) is 6.36. The van der Waals surface area contributed by atoms with E-state index in [0.717, 1.165) is 11.3 Å². The summed E-state index contributed by atoms with van der Waals surface area (Å²) in [5, 5.41) is 6.97. The first kappa shape index (κ1) is 21.0. The van der Waals surface area contributed by atoms with E-state index < -0.39 is 6.04 Å². The van der Waals surface area contributed by atoms with Gasteiger partial charge in [-0.1, -0.05) is 0 Å². The average molecular weight is 392 g/mol. The summed E-state index contributed by atoms with van der Waals surface area (Å²) in [5.74, 6) is 1.19. The summed E-state index contributed by atoms with van der Waals surface area (Å²) in [6, 6.07) is 5.19. The molecule has 0 saturated carbocycles. The maximum absolute atomic E-state index is 13.1. The van der Waals surface area contributed by atoms with Crippen LogP contribution in [0.15, 0.2) is 29.5 Å². The molecule has 148 valence electrons. The average Bonchev–Trinajstić information content (AvgIpc) is 2.59. The van der Waals surface area contributed by atoms with Gasteiger partial charge in [0, 0.05) is 23.8 Å². The smallest absolute Gasteiger partial charge is 0.251 e. The zero-order valence-electron chi connectivity index (χ0n) is 17.1. The number of nitrogens with zero attached hydrogens (tertiary/aromatic N) is 1. The number of methoxy groups -OCH3 is 2. The molecule has 1 heterocycles. The van der Waals surface area contributed by atoms with E-state index in [-0.39, 0.29) is 11.4 Å². The molecule has 1 aromatic rings. The second-order valence-electron chi connectivity index (χ2n) is 7.48. The van der Waals surface area contributed by atoms with Crippen molar-refractivity contribution in [1.82, 2.24) is 15.5 Å². The number of hydrogen-bond donors (Lipinski definition) is 2. The summed E-state index contributed by atoms with van der Waals surface area (Å²) in [6.07, 6.45) is 0. The van der Waals surface area contributed by atoms with Crippen LogP contribution in [0.3, 0.4) is 0 Å². The third-order valence-electron chi connectivity index (χ3n) is 4.35. The van der Waals surface area contributed by atoms with E-state index in [1.165, 1.54) is 0 Å². The molecule has 0 unspecified atom stereocenters. The Hall–Kier alpha value is -2.28. The Morgan fingerprint density at radius 2 is 1.78 bits per heavy atom. The maximum Gasteiger partial charge on any atom is 0.251 e. The van der Waals surface area contributed by atoms with Gasteiger partial charge in [0.15, 0.2) is 5.11 Å². The molecule has 6 nitrogen and oxygen atoms in total. The highest BCUT2D eigenvalue weighted by molar-refractivity contribution is 7.80. The fourth-order valence-electron chi connectivity index (χ4n) is 3.11. The third kappa shape index (κ3) is 4.71. The van der Waals surface area contributed by atoms with E-state index in [0.29, 0.717) is 28.7 Å². The molecule has 1 aliphatic rings. The summed E-state index contributed by atoms with van der Waals surface area (Å²) < 4.78 is 10.8. The van der Waals surface area contributed by atoms with Crippen LogP contribution in [0, 0.1) is 0 Å². The highest BCUT2D eigenvalue weighted by atomic mass is 32.1. The van der Waals surface area contributed by atoms with Gasteiger partial charge in [-0.3, -0.25) is 4.79 Å². The molecule has 0 saturated heterocycles. The van der Waals surface area contributed by atoms with Crippen LogP contribution < -0.4 is 20.1 Å². The van der Waals surface area contributed by atoms with E-state index in [4.69, 9.17) is 21.7 Å². The summed E-state index contributed by atoms with van der Waals surface area (Å²) in [4.78, 5) is 15.1. The number of amides is 1. The first-order chi connectivity index (χ1) is 12.6. The Morgan fingerprint density at radius 1 is 1.22 bits per heavy atom. The second kappa shape index (κ2) is 8.17. The first-order valence-electron chi connectivity index (χ1n) is 8.95. The molecule has 2 rings (SSSR count). The lowest BCUT2D eigenvalue weighted by Gasteiger charge is -2.38. The van der Waals surface area contributed by atoms with E-state index in [2.05, 4.69) is 10.6 Å². The fourth-order valence-corrected chi connectivity index (χ4v) is 3.49. The Morgan fingerprint density at radius 3 is 2.22 bits per heavy atom. The molecule has 1 aliphatic heterocycles. The molecule has 1 aromatic carbocycles. The van der Waals surface area contributed by atoms with E-state index in [1.807, 2.05) is 51.7 Å². The molecule has 1 amide bonds. The zero-order valence-corrected chi connectivity index (χ0v) is 17.9. The standard InChI is InChI=1S/C20H29N3O3S/c1-8-23-12(2)16(18(24)22-20(3,4)5)17(21-19(23)27)13-9-14(25-6)11-15(10-13)26-7/h9-11,17H,8H2,1-7H3,(H,21,27)(H,22,24)/t17-/m1/s1. The van der Waals surface area contributed by atoms with Gasteiger partial charge in [-0.15, -0.1) is 0 Å². The van der Waals surface area contributed by atoms with Gasteiger partial charge in [0.2, 0.25) is 0 Å². The van der Waals surface area contributed by atoms with Crippen LogP contribution in [0.1, 0.15) is 46.2 Å². The normalized spacial score (nSPS) is 17.5. The topological polar surface area (TPSA) is 62.8 Å². The van der Waals surface area contributed by atoms with Crippen molar-refractivity contribution in [3.05, 3.63) is 35.0 Å². The van der Waals surface area contributed by atoms with Gasteiger partial charge in [0.1, 0.15) is 11.5 Å². The van der Waals surface area contributed by atoms with Crippen molar-refractivity contribution in [2.24, 2.45) is 0 Å². The van der Waals surface area contributed by atoms with Crippen molar-refractivity contribution < 1.29 is 14.3 Å². The molecule has 0 aromatic heterocycles. The number of thiocarbonyl (C=S) groups is 1. The molecular formula is C20H29N3O3S. The molecule has 0 radical (unpaired) electrons. The van der Waals surface area contributed by atoms with Crippen molar-refractivity contribution in [2.75, 3.05) is 20.8 Å². The van der Waals surface area contributed by atoms with E-state index in [9.17, 15) is 4.79 Å². The minimum absolute atomic E-state index is 0.125. The lowest BCUT2D eigenvalue weighted by Crippen LogP contribution is -2.51. The number of allylic oxidation sites excluding steroid dienone is 1. The molecule has 2 N–H and O–H groups in total. The highest BCUT2D eigenvalue weighted by Crippen LogP contribution is 2.34. The summed E-state index contributed by atoms with van der Waals surface area (Å²) in [7, 11) is 3.20. The van der Waals surface area contributed by atoms with Crippen molar-refractivity contribution in [3.8, 4) is 11.5 Å². The van der Waals surface area contributed by atoms with Gasteiger partial charge in [-0.25, -0.2) is 0 Å². The molecule has 0 bridgehead atoms. The number of ether oxygens (including phenoxy) is 2. The molecule has 0 fully saturated rings. The minimum Gasteiger partial charge on any atom is -0.497 e. The lowest BCUT2D eigenvalue weighted by molar-refractivity contribution is -0.119. The summed E-state index contributed by atoms with van der Waals surface area (Å²) >= 11 is 5.54. The largest absolute Gasteiger partial charge is 0.497 e. The number of nitrogens with one attached hydrogen (secondary N) is 2. The van der Waals surface area contributed by atoms with Crippen molar-refractivity contribution in [3.63, 3.8) is 0 Å². The molecule has 7 heteroatoms. The molecule has 0 spiro atoms. The van der Waals surface area contributed by atoms with E-state index in [1.54, 1.807) is 20.3 Å². The van der Waals surface area contributed by atoms with Crippen LogP contribution in [-0.2, 0) is 4.79 Å². The van der Waals surface area contributed by atoms with Crippen LogP contribution in [0.4, 0.5) is 0 Å². The van der Waals surface area contributed by atoms with Gasteiger partial charge in [0.05, 0.1) is 25.8 Å². The molecule has 0 aliphatic carbocycles. The predicted molar refractivity (Wildman–Crippen MR) is 111 cm³/mol. The van der Waals surface area contributed by atoms with Crippen LogP contribution in [0.25, 0.3) is 0 Å². The van der Waals surface area contributed by atoms with Crippen molar-refractivity contribution in [1.29, 1.82) is 0 Å². The van der Waals surface area contributed by atoms with Gasteiger partial charge < -0.3 is 25.0 Å². The van der Waals surface area contributed by atoms with Crippen LogP contribution >= 0.6 is 12.2 Å². The van der Waals surface area contributed by atoms with Crippen LogP contribution in [-0.4, -0.2) is 42.2 Å². The van der Waals surface area contributed by atoms with Crippen LogP contribution in [0.2, 0.25) is 0 Å². The SMILES string of the molecule is CCN1C(=S)N[C@H](c2cc(OC)cc(OC)c2)C(C(=O)NC(C)(C)C)=C1C. The van der Waals surface area contributed by atoms with Gasteiger partial charge >= 0.3 is 0 Å². The van der Waals surface area contributed by atoms with Gasteiger partial charge in [0.25, 0.3) is 5.91 Å². The third-order valence-corrected chi connectivity index (χ3v) is 4.69. The number of benzene rings is 1. The maximum atomic E-state index is 13.1. The number of carbonyl (C=O) groups is 1. The van der Waals surface area contributed by atoms with Crippen LogP contribution in [0.5, 0.6) is 11.5 Å².